The van der Waals surface area contributed by atoms with E-state index in [1.807, 2.05) is 0 Å². The van der Waals surface area contributed by atoms with Gasteiger partial charge < -0.3 is 24.5 Å². The summed E-state index contributed by atoms with van der Waals surface area (Å²) < 4.78 is 0. The lowest BCUT2D eigenvalue weighted by Crippen LogP contribution is -2.61. The molecule has 0 saturated carbocycles. The second-order valence-electron chi connectivity index (χ2n) is 40.6. The van der Waals surface area contributed by atoms with E-state index in [0.29, 0.717) is 0 Å². The first-order valence-electron chi connectivity index (χ1n) is 41.0. The van der Waals surface area contributed by atoms with Gasteiger partial charge in [-0.1, -0.05) is 300 Å². The molecule has 12 aromatic rings. The standard InChI is InChI=1S/C58H62BN3.C47H55BN2/c1-55(2,3)39-23-29-45(30-24-39)61-50-33-27-41(57(7,8)9)35-48(50)59-49-36-42(58(10,11)12)28-34-51(49)62(46-31-25-40(26-32-46)56(4,5)6)53-38-47(37-52(61)54(53)59)60(43-19-15-13-16-20-43)44-21-17-14-18-22-44;1-30-26-41-43-42(27-30)50(36-22-16-32(17-23-36)45(5,6)7)40-25-19-34(47(11,12)13)29-38(40)48(43)37-28-33(46(8,9)10)18-24-39(37)49(41)35-20-14-31(15-21-35)44(2,3)4/h13-38H,1-12H3;14-29H,1-13H3. The number of hydrogen-bond acceptors (Lipinski definition) is 5. The van der Waals surface area contributed by atoms with Crippen molar-refractivity contribution in [3.63, 3.8) is 0 Å². The fraction of sp³-hybridized carbons (Fsp3) is 0.314. The van der Waals surface area contributed by atoms with Crippen LogP contribution in [-0.4, -0.2) is 13.4 Å². The number of para-hydroxylation sites is 2. The average molecular weight is 1470 g/mol. The molecular weight excluding hydrogens is 1350 g/mol. The Hall–Kier alpha value is -10.2. The zero-order valence-electron chi connectivity index (χ0n) is 71.6. The van der Waals surface area contributed by atoms with Gasteiger partial charge in [0.1, 0.15) is 0 Å². The van der Waals surface area contributed by atoms with Crippen LogP contribution in [-0.2, 0) is 43.3 Å². The van der Waals surface area contributed by atoms with Crippen LogP contribution < -0.4 is 57.3 Å². The Kier molecular flexibility index (Phi) is 19.0. The molecule has 0 aliphatic carbocycles. The molecule has 0 atom stereocenters. The van der Waals surface area contributed by atoms with Gasteiger partial charge in [0.15, 0.2) is 0 Å². The van der Waals surface area contributed by atoms with Crippen molar-refractivity contribution in [2.24, 2.45) is 0 Å². The van der Waals surface area contributed by atoms with Crippen molar-refractivity contribution >= 4 is 132 Å². The molecule has 12 aromatic carbocycles. The van der Waals surface area contributed by atoms with E-state index < -0.39 is 0 Å². The molecule has 0 bridgehead atoms. The van der Waals surface area contributed by atoms with Crippen LogP contribution in [0.15, 0.2) is 255 Å². The minimum absolute atomic E-state index is 0.000692. The number of fused-ring (bicyclic) bond motifs is 8. The largest absolute Gasteiger partial charge is 0.311 e. The molecule has 0 saturated heterocycles. The van der Waals surface area contributed by atoms with E-state index >= 15 is 0 Å². The number of aryl methyl sites for hydroxylation is 1. The lowest BCUT2D eigenvalue weighted by Gasteiger charge is -2.45. The topological polar surface area (TPSA) is 16.2 Å². The maximum atomic E-state index is 2.56. The summed E-state index contributed by atoms with van der Waals surface area (Å²) in [5.41, 5.74) is 38.4. The van der Waals surface area contributed by atoms with Gasteiger partial charge in [0.2, 0.25) is 0 Å². The van der Waals surface area contributed by atoms with E-state index in [1.54, 1.807) is 0 Å². The van der Waals surface area contributed by atoms with E-state index in [-0.39, 0.29) is 56.7 Å². The maximum Gasteiger partial charge on any atom is 0.252 e. The van der Waals surface area contributed by atoms with Crippen LogP contribution in [0.4, 0.5) is 85.3 Å². The van der Waals surface area contributed by atoms with Crippen molar-refractivity contribution in [1.29, 1.82) is 0 Å². The van der Waals surface area contributed by atoms with Gasteiger partial charge in [0.05, 0.1) is 5.69 Å². The van der Waals surface area contributed by atoms with E-state index in [4.69, 9.17) is 0 Å². The van der Waals surface area contributed by atoms with E-state index in [1.165, 1.54) is 140 Å². The lowest BCUT2D eigenvalue weighted by molar-refractivity contribution is 0.590. The van der Waals surface area contributed by atoms with Crippen molar-refractivity contribution in [1.82, 2.24) is 0 Å². The lowest BCUT2D eigenvalue weighted by atomic mass is 9.33. The molecule has 16 rings (SSSR count). The highest BCUT2D eigenvalue weighted by Gasteiger charge is 2.47. The Morgan fingerprint density at radius 1 is 0.205 bits per heavy atom. The quantitative estimate of drug-likeness (QED) is 0.147. The Morgan fingerprint density at radius 2 is 0.411 bits per heavy atom. The van der Waals surface area contributed by atoms with Gasteiger partial charge in [-0.3, -0.25) is 0 Å². The van der Waals surface area contributed by atoms with Crippen LogP contribution in [0.3, 0.4) is 0 Å². The Labute approximate surface area is 673 Å². The predicted octanol–water partition coefficient (Wildman–Crippen LogP) is 25.7. The number of rotatable bonds is 7. The van der Waals surface area contributed by atoms with Crippen LogP contribution >= 0.6 is 0 Å². The number of anilines is 15. The molecule has 4 aliphatic heterocycles. The third kappa shape index (κ3) is 14.2. The number of benzene rings is 12. The van der Waals surface area contributed by atoms with Crippen LogP contribution in [0.5, 0.6) is 0 Å². The molecule has 4 aliphatic rings. The first-order valence-corrected chi connectivity index (χ1v) is 41.0. The summed E-state index contributed by atoms with van der Waals surface area (Å²) in [5.74, 6) is 0. The second kappa shape index (κ2) is 27.6. The maximum absolute atomic E-state index is 2.56. The van der Waals surface area contributed by atoms with E-state index in [0.717, 1.165) is 28.4 Å². The van der Waals surface area contributed by atoms with Crippen molar-refractivity contribution in [2.75, 3.05) is 24.5 Å². The minimum Gasteiger partial charge on any atom is -0.311 e. The summed E-state index contributed by atoms with van der Waals surface area (Å²) in [7, 11) is 0. The number of nitrogens with zero attached hydrogens (tertiary/aromatic N) is 5. The van der Waals surface area contributed by atoms with Gasteiger partial charge in [-0.05, 0) is 254 Å². The van der Waals surface area contributed by atoms with Crippen LogP contribution in [0, 0.1) is 6.92 Å². The summed E-state index contributed by atoms with van der Waals surface area (Å²) in [5, 5.41) is 0. The normalized spacial score (nSPS) is 14.0. The molecule has 568 valence electrons. The van der Waals surface area contributed by atoms with Crippen LogP contribution in [0.25, 0.3) is 0 Å². The van der Waals surface area contributed by atoms with Crippen molar-refractivity contribution < 1.29 is 0 Å². The van der Waals surface area contributed by atoms with Gasteiger partial charge in [-0.2, -0.15) is 0 Å². The molecular formula is C105H117B2N5. The third-order valence-corrected chi connectivity index (χ3v) is 24.0. The van der Waals surface area contributed by atoms with Gasteiger partial charge >= 0.3 is 0 Å². The molecule has 0 unspecified atom stereocenters. The van der Waals surface area contributed by atoms with Crippen molar-refractivity contribution in [2.45, 2.75) is 216 Å². The number of hydrogen-bond donors (Lipinski definition) is 0. The molecule has 7 heteroatoms. The molecule has 0 radical (unpaired) electrons. The van der Waals surface area contributed by atoms with Crippen molar-refractivity contribution in [3.05, 3.63) is 305 Å². The smallest absolute Gasteiger partial charge is 0.252 e. The summed E-state index contributed by atoms with van der Waals surface area (Å²) in [6.07, 6.45) is 0. The van der Waals surface area contributed by atoms with Gasteiger partial charge in [-0.15, -0.1) is 0 Å². The predicted molar refractivity (Wildman–Crippen MR) is 490 cm³/mol. The highest BCUT2D eigenvalue weighted by Crippen LogP contribution is 2.51. The Bertz CT molecular complexity index is 5210. The first kappa shape index (κ1) is 77.1. The highest BCUT2D eigenvalue weighted by molar-refractivity contribution is 7.01. The van der Waals surface area contributed by atoms with Gasteiger partial charge in [-0.25, -0.2) is 0 Å². The highest BCUT2D eigenvalue weighted by atomic mass is 15.2. The zero-order valence-corrected chi connectivity index (χ0v) is 71.6. The van der Waals surface area contributed by atoms with Crippen molar-refractivity contribution in [3.8, 4) is 0 Å². The molecule has 0 aromatic heterocycles. The molecule has 5 nitrogen and oxygen atoms in total. The minimum atomic E-state index is -0.0291. The SMILES string of the molecule is CC(C)(C)c1ccc(N2c3ccc(C(C)(C)C)cc3B3c4cc(C(C)(C)C)ccc4N(c4ccc(C(C)(C)C)cc4)c4cc(N(c5ccccc5)c5ccccc5)cc2c43)cc1.Cc1cc2c3c(c1)N(c1ccc(C(C)(C)C)cc1)c1ccc(C(C)(C)C)cc1B3c1cc(C(C)(C)C)ccc1N2c1ccc(C(C)(C)C)cc1. The van der Waals surface area contributed by atoms with Gasteiger partial charge in [0, 0.05) is 79.6 Å². The van der Waals surface area contributed by atoms with Gasteiger partial charge in [0.25, 0.3) is 13.4 Å². The summed E-state index contributed by atoms with van der Waals surface area (Å²) in [4.78, 5) is 12.6. The molecule has 0 fully saturated rings. The fourth-order valence-corrected chi connectivity index (χ4v) is 17.3. The fourth-order valence-electron chi connectivity index (χ4n) is 17.3. The molecule has 112 heavy (non-hydrogen) atoms. The van der Waals surface area contributed by atoms with E-state index in [2.05, 4.69) is 452 Å². The van der Waals surface area contributed by atoms with E-state index in [9.17, 15) is 0 Å². The monoisotopic (exact) mass is 1470 g/mol. The average Bonchev–Trinajstić information content (AvgIpc) is 0.698. The zero-order chi connectivity index (χ0) is 80.1. The first-order chi connectivity index (χ1) is 52.5. The molecule has 4 heterocycles. The van der Waals surface area contributed by atoms with Crippen LogP contribution in [0.2, 0.25) is 0 Å². The Balaban J connectivity index is 0.000000181. The molecule has 0 amide bonds. The summed E-state index contributed by atoms with van der Waals surface area (Å²) >= 11 is 0. The van der Waals surface area contributed by atoms with Crippen LogP contribution in [0.1, 0.15) is 216 Å². The summed E-state index contributed by atoms with van der Waals surface area (Å²) in [6.45, 7) is 57.9. The third-order valence-electron chi connectivity index (χ3n) is 24.0. The molecule has 0 spiro atoms. The summed E-state index contributed by atoms with van der Waals surface area (Å²) in [6, 6.07) is 97.8. The molecule has 0 N–H and O–H groups in total. The Morgan fingerprint density at radius 3 is 0.625 bits per heavy atom. The second-order valence-corrected chi connectivity index (χ2v) is 40.6.